The van der Waals surface area contributed by atoms with Crippen molar-refractivity contribution in [3.63, 3.8) is 0 Å². The molecular formula is C13H10ClF2NOS. The molecule has 1 atom stereocenters. The molecule has 0 saturated carbocycles. The van der Waals surface area contributed by atoms with E-state index in [-0.39, 0.29) is 16.3 Å². The Balaban J connectivity index is 2.25. The maximum absolute atomic E-state index is 13.4. The Hall–Kier alpha value is -1.46. The summed E-state index contributed by atoms with van der Waals surface area (Å²) in [6, 6.07) is 7.60. The molecule has 2 nitrogen and oxygen atoms in total. The summed E-state index contributed by atoms with van der Waals surface area (Å²) in [4.78, 5) is 0.419. The number of nitrogen functional groups attached to an aromatic ring is 1. The van der Waals surface area contributed by atoms with Crippen LogP contribution in [0.2, 0.25) is 5.02 Å². The average Bonchev–Trinajstić information content (AvgIpc) is 2.37. The molecule has 0 heterocycles. The van der Waals surface area contributed by atoms with Crippen LogP contribution in [0.3, 0.4) is 0 Å². The fraction of sp³-hybridized carbons (Fsp3) is 0.0769. The highest BCUT2D eigenvalue weighted by atomic mass is 35.5. The van der Waals surface area contributed by atoms with Gasteiger partial charge in [-0.15, -0.1) is 0 Å². The zero-order valence-electron chi connectivity index (χ0n) is 9.70. The van der Waals surface area contributed by atoms with Crippen molar-refractivity contribution in [2.75, 3.05) is 5.73 Å². The maximum atomic E-state index is 13.4. The molecule has 0 fully saturated rings. The lowest BCUT2D eigenvalue weighted by molar-refractivity contribution is 0.590. The van der Waals surface area contributed by atoms with Crippen LogP contribution in [0.1, 0.15) is 5.56 Å². The first kappa shape index (κ1) is 14.0. The summed E-state index contributed by atoms with van der Waals surface area (Å²) >= 11 is 5.82. The van der Waals surface area contributed by atoms with Crippen molar-refractivity contribution in [2.45, 2.75) is 10.6 Å². The normalized spacial score (nSPS) is 12.4. The van der Waals surface area contributed by atoms with Gasteiger partial charge in [-0.3, -0.25) is 4.21 Å². The minimum Gasteiger partial charge on any atom is -0.398 e. The van der Waals surface area contributed by atoms with E-state index in [1.54, 1.807) is 6.07 Å². The lowest BCUT2D eigenvalue weighted by Gasteiger charge is -2.06. The van der Waals surface area contributed by atoms with Gasteiger partial charge < -0.3 is 5.73 Å². The standard InChI is InChI=1S/C13H10ClF2NOS/c14-11-6-10(2-4-13(11)17)19(18)7-8-5-9(15)1-3-12(8)16/h1-6H,7,17H2. The van der Waals surface area contributed by atoms with Gasteiger partial charge >= 0.3 is 0 Å². The first-order valence-corrected chi connectivity index (χ1v) is 7.04. The summed E-state index contributed by atoms with van der Waals surface area (Å²) in [5.41, 5.74) is 5.98. The van der Waals surface area contributed by atoms with E-state index in [4.69, 9.17) is 17.3 Å². The Morgan fingerprint density at radius 1 is 1.16 bits per heavy atom. The second-order valence-electron chi connectivity index (χ2n) is 3.91. The fourth-order valence-electron chi connectivity index (χ4n) is 1.53. The van der Waals surface area contributed by atoms with Crippen molar-refractivity contribution < 1.29 is 13.0 Å². The Kier molecular flexibility index (Phi) is 4.17. The monoisotopic (exact) mass is 301 g/mol. The Bertz CT molecular complexity index is 649. The van der Waals surface area contributed by atoms with E-state index in [2.05, 4.69) is 0 Å². The van der Waals surface area contributed by atoms with Crippen LogP contribution >= 0.6 is 11.6 Å². The molecule has 100 valence electrons. The van der Waals surface area contributed by atoms with Gasteiger partial charge in [0.25, 0.3) is 0 Å². The SMILES string of the molecule is Nc1ccc(S(=O)Cc2cc(F)ccc2F)cc1Cl. The molecule has 19 heavy (non-hydrogen) atoms. The number of halogens is 3. The highest BCUT2D eigenvalue weighted by Gasteiger charge is 2.11. The number of hydrogen-bond acceptors (Lipinski definition) is 2. The molecule has 2 aromatic rings. The molecule has 0 spiro atoms. The van der Waals surface area contributed by atoms with Crippen molar-refractivity contribution in [1.29, 1.82) is 0 Å². The third-order valence-electron chi connectivity index (χ3n) is 2.53. The lowest BCUT2D eigenvalue weighted by atomic mass is 10.2. The molecule has 0 aromatic heterocycles. The topological polar surface area (TPSA) is 43.1 Å². The molecule has 0 radical (unpaired) electrons. The first-order chi connectivity index (χ1) is 8.97. The van der Waals surface area contributed by atoms with Gasteiger partial charge in [-0.25, -0.2) is 8.78 Å². The fourth-order valence-corrected chi connectivity index (χ4v) is 2.91. The first-order valence-electron chi connectivity index (χ1n) is 5.34. The van der Waals surface area contributed by atoms with E-state index in [0.29, 0.717) is 10.6 Å². The van der Waals surface area contributed by atoms with E-state index in [1.165, 1.54) is 12.1 Å². The average molecular weight is 302 g/mol. The summed E-state index contributed by atoms with van der Waals surface area (Å²) in [6.45, 7) is 0. The molecule has 0 aliphatic rings. The van der Waals surface area contributed by atoms with Gasteiger partial charge in [0.15, 0.2) is 0 Å². The number of anilines is 1. The minimum absolute atomic E-state index is 0.0614. The van der Waals surface area contributed by atoms with Gasteiger partial charge in [-0.1, -0.05) is 11.6 Å². The van der Waals surface area contributed by atoms with Crippen LogP contribution in [0, 0.1) is 11.6 Å². The third-order valence-corrected chi connectivity index (χ3v) is 4.21. The van der Waals surface area contributed by atoms with Gasteiger partial charge in [-0.2, -0.15) is 0 Å². The molecule has 0 saturated heterocycles. The van der Waals surface area contributed by atoms with Gasteiger partial charge in [0.05, 0.1) is 27.3 Å². The third kappa shape index (κ3) is 3.30. The Morgan fingerprint density at radius 3 is 2.58 bits per heavy atom. The zero-order valence-corrected chi connectivity index (χ0v) is 11.3. The van der Waals surface area contributed by atoms with E-state index in [1.807, 2.05) is 0 Å². The molecule has 6 heteroatoms. The smallest absolute Gasteiger partial charge is 0.127 e. The lowest BCUT2D eigenvalue weighted by Crippen LogP contribution is -2.00. The number of benzene rings is 2. The van der Waals surface area contributed by atoms with Gasteiger partial charge in [0.1, 0.15) is 11.6 Å². The molecular weight excluding hydrogens is 292 g/mol. The van der Waals surface area contributed by atoms with Gasteiger partial charge in [0.2, 0.25) is 0 Å². The van der Waals surface area contributed by atoms with Crippen molar-refractivity contribution in [1.82, 2.24) is 0 Å². The second-order valence-corrected chi connectivity index (χ2v) is 5.77. The molecule has 2 aromatic carbocycles. The predicted octanol–water partition coefficient (Wildman–Crippen LogP) is 3.51. The summed E-state index contributed by atoms with van der Waals surface area (Å²) < 4.78 is 38.5. The van der Waals surface area contributed by atoms with Crippen LogP contribution in [0.5, 0.6) is 0 Å². The largest absolute Gasteiger partial charge is 0.398 e. The van der Waals surface area contributed by atoms with Gasteiger partial charge in [0, 0.05) is 10.5 Å². The molecule has 0 aliphatic carbocycles. The van der Waals surface area contributed by atoms with Crippen LogP contribution in [-0.2, 0) is 16.6 Å². The van der Waals surface area contributed by atoms with Crippen LogP contribution < -0.4 is 5.73 Å². The molecule has 2 N–H and O–H groups in total. The van der Waals surface area contributed by atoms with Crippen molar-refractivity contribution >= 4 is 28.1 Å². The van der Waals surface area contributed by atoms with Crippen molar-refractivity contribution in [3.8, 4) is 0 Å². The molecule has 0 bridgehead atoms. The molecule has 2 rings (SSSR count). The quantitative estimate of drug-likeness (QED) is 0.882. The number of rotatable bonds is 3. The van der Waals surface area contributed by atoms with Crippen LogP contribution in [-0.4, -0.2) is 4.21 Å². The second kappa shape index (κ2) is 5.67. The van der Waals surface area contributed by atoms with Crippen LogP contribution in [0.25, 0.3) is 0 Å². The Morgan fingerprint density at radius 2 is 1.89 bits per heavy atom. The zero-order chi connectivity index (χ0) is 14.0. The van der Waals surface area contributed by atoms with Crippen LogP contribution in [0.4, 0.5) is 14.5 Å². The van der Waals surface area contributed by atoms with Crippen LogP contribution in [0.15, 0.2) is 41.3 Å². The Labute approximate surface area is 116 Å². The van der Waals surface area contributed by atoms with Crippen molar-refractivity contribution in [2.24, 2.45) is 0 Å². The van der Waals surface area contributed by atoms with E-state index in [9.17, 15) is 13.0 Å². The summed E-state index contributed by atoms with van der Waals surface area (Å²) in [7, 11) is -1.52. The summed E-state index contributed by atoms with van der Waals surface area (Å²) in [5, 5.41) is 0.283. The number of nitrogens with two attached hydrogens (primary N) is 1. The summed E-state index contributed by atoms with van der Waals surface area (Å²) in [6.07, 6.45) is 0. The number of hydrogen-bond donors (Lipinski definition) is 1. The molecule has 0 amide bonds. The van der Waals surface area contributed by atoms with Gasteiger partial charge in [-0.05, 0) is 36.4 Å². The highest BCUT2D eigenvalue weighted by Crippen LogP contribution is 2.23. The maximum Gasteiger partial charge on any atom is 0.127 e. The molecule has 1 unspecified atom stereocenters. The van der Waals surface area contributed by atoms with Crippen molar-refractivity contribution in [3.05, 3.63) is 58.6 Å². The van der Waals surface area contributed by atoms with E-state index in [0.717, 1.165) is 18.2 Å². The minimum atomic E-state index is -1.52. The van der Waals surface area contributed by atoms with E-state index >= 15 is 0 Å². The summed E-state index contributed by atoms with van der Waals surface area (Å²) in [5.74, 6) is -1.27. The van der Waals surface area contributed by atoms with E-state index < -0.39 is 22.4 Å². The predicted molar refractivity (Wildman–Crippen MR) is 72.3 cm³/mol. The molecule has 0 aliphatic heterocycles. The highest BCUT2D eigenvalue weighted by molar-refractivity contribution is 7.84.